The fourth-order valence-electron chi connectivity index (χ4n) is 1.89. The van der Waals surface area contributed by atoms with E-state index < -0.39 is 10.2 Å². The van der Waals surface area contributed by atoms with E-state index in [2.05, 4.69) is 4.98 Å². The number of non-ortho nitro benzene ring substituents is 1. The third-order valence-electron chi connectivity index (χ3n) is 2.94. The number of fused-ring (bicyclic) bond motifs is 1. The number of hydrogen-bond donors (Lipinski definition) is 0. The summed E-state index contributed by atoms with van der Waals surface area (Å²) in [6.07, 6.45) is 0. The average molecular weight is 303 g/mol. The predicted octanol–water partition coefficient (Wildman–Crippen LogP) is 3.78. The molecule has 2 aromatic carbocycles. The first kappa shape index (κ1) is 13.3. The molecular weight excluding hydrogens is 296 g/mol. The maximum absolute atomic E-state index is 11.0. The molecule has 1 aromatic heterocycles. The summed E-state index contributed by atoms with van der Waals surface area (Å²) in [4.78, 5) is 25.5. The lowest BCUT2D eigenvalue weighted by Gasteiger charge is -1.96. The normalized spacial score (nSPS) is 10.7. The molecule has 0 aliphatic rings. The zero-order valence-corrected chi connectivity index (χ0v) is 11.2. The Bertz CT molecular complexity index is 855. The number of nitrogens with zero attached hydrogens (tertiary/aromatic N) is 2. The number of nitro benzene ring substituents is 1. The van der Waals surface area contributed by atoms with E-state index in [1.165, 1.54) is 18.2 Å². The van der Waals surface area contributed by atoms with Crippen molar-refractivity contribution in [3.63, 3.8) is 0 Å². The molecule has 21 heavy (non-hydrogen) atoms. The van der Waals surface area contributed by atoms with Gasteiger partial charge in [-0.3, -0.25) is 14.9 Å². The second kappa shape index (κ2) is 4.99. The maximum Gasteiger partial charge on any atom is 0.273 e. The minimum Gasteiger partial charge on any atom is -0.436 e. The number of aromatic nitrogens is 1. The standard InChI is InChI=1S/C14H7ClN2O4/c15-13(18)8-1-3-9(4-2-8)14-16-11-6-5-10(17(19)20)7-12(11)21-14/h1-7H. The van der Waals surface area contributed by atoms with E-state index >= 15 is 0 Å². The highest BCUT2D eigenvalue weighted by molar-refractivity contribution is 6.67. The van der Waals surface area contributed by atoms with Crippen molar-refractivity contribution in [1.82, 2.24) is 4.98 Å². The van der Waals surface area contributed by atoms with Gasteiger partial charge >= 0.3 is 0 Å². The Balaban J connectivity index is 2.04. The number of halogens is 1. The summed E-state index contributed by atoms with van der Waals surface area (Å²) in [6, 6.07) is 10.6. The minimum absolute atomic E-state index is 0.0618. The molecule has 0 radical (unpaired) electrons. The Labute approximate surface area is 123 Å². The van der Waals surface area contributed by atoms with E-state index in [1.54, 1.807) is 24.3 Å². The lowest BCUT2D eigenvalue weighted by molar-refractivity contribution is -0.384. The smallest absolute Gasteiger partial charge is 0.273 e. The number of carbonyl (C=O) groups excluding carboxylic acids is 1. The van der Waals surface area contributed by atoms with Gasteiger partial charge in [0.2, 0.25) is 5.89 Å². The average Bonchev–Trinajstić information content (AvgIpc) is 2.90. The number of benzene rings is 2. The number of nitro groups is 1. The van der Waals surface area contributed by atoms with E-state index in [-0.39, 0.29) is 5.69 Å². The largest absolute Gasteiger partial charge is 0.436 e. The third-order valence-corrected chi connectivity index (χ3v) is 3.16. The number of hydrogen-bond acceptors (Lipinski definition) is 5. The summed E-state index contributed by atoms with van der Waals surface area (Å²) < 4.78 is 5.51. The Hall–Kier alpha value is -2.73. The lowest BCUT2D eigenvalue weighted by Crippen LogP contribution is -1.87. The molecule has 7 heteroatoms. The van der Waals surface area contributed by atoms with E-state index in [0.29, 0.717) is 28.1 Å². The first-order chi connectivity index (χ1) is 10.0. The highest BCUT2D eigenvalue weighted by atomic mass is 35.5. The van der Waals surface area contributed by atoms with Gasteiger partial charge in [0.05, 0.1) is 11.0 Å². The third kappa shape index (κ3) is 2.48. The fourth-order valence-corrected chi connectivity index (χ4v) is 2.02. The van der Waals surface area contributed by atoms with Crippen LogP contribution in [0, 0.1) is 10.1 Å². The van der Waals surface area contributed by atoms with Gasteiger partial charge in [-0.1, -0.05) is 0 Å². The van der Waals surface area contributed by atoms with Crippen LogP contribution in [0.1, 0.15) is 10.4 Å². The molecule has 1 heterocycles. The zero-order chi connectivity index (χ0) is 15.0. The summed E-state index contributed by atoms with van der Waals surface area (Å²) in [6.45, 7) is 0. The molecule has 0 amide bonds. The summed E-state index contributed by atoms with van der Waals surface area (Å²) in [7, 11) is 0. The molecule has 6 nitrogen and oxygen atoms in total. The second-order valence-corrected chi connectivity index (χ2v) is 4.62. The molecule has 0 spiro atoms. The SMILES string of the molecule is O=C(Cl)c1ccc(-c2nc3ccc([N+](=O)[O-])cc3o2)cc1. The quantitative estimate of drug-likeness (QED) is 0.417. The number of rotatable bonds is 3. The molecule has 3 aromatic rings. The predicted molar refractivity (Wildman–Crippen MR) is 76.3 cm³/mol. The summed E-state index contributed by atoms with van der Waals surface area (Å²) in [5, 5.41) is 10.2. The Morgan fingerprint density at radius 1 is 1.19 bits per heavy atom. The Morgan fingerprint density at radius 2 is 1.90 bits per heavy atom. The van der Waals surface area contributed by atoms with Crippen LogP contribution in [0.2, 0.25) is 0 Å². The van der Waals surface area contributed by atoms with Crippen LogP contribution in [-0.2, 0) is 0 Å². The minimum atomic E-state index is -0.547. The van der Waals surface area contributed by atoms with Crippen LogP contribution in [0.4, 0.5) is 5.69 Å². The maximum atomic E-state index is 11.0. The van der Waals surface area contributed by atoms with Gasteiger partial charge in [-0.25, -0.2) is 4.98 Å². The van der Waals surface area contributed by atoms with Crippen molar-refractivity contribution >= 4 is 33.6 Å². The molecule has 0 N–H and O–H groups in total. The van der Waals surface area contributed by atoms with Crippen molar-refractivity contribution in [2.45, 2.75) is 0 Å². The highest BCUT2D eigenvalue weighted by Gasteiger charge is 2.13. The molecule has 0 aliphatic carbocycles. The van der Waals surface area contributed by atoms with Gasteiger partial charge in [0.1, 0.15) is 5.52 Å². The van der Waals surface area contributed by atoms with Crippen LogP contribution < -0.4 is 0 Å². The van der Waals surface area contributed by atoms with E-state index in [1.807, 2.05) is 0 Å². The summed E-state index contributed by atoms with van der Waals surface area (Å²) in [5.74, 6) is 0.319. The van der Waals surface area contributed by atoms with Crippen molar-refractivity contribution in [2.75, 3.05) is 0 Å². The Morgan fingerprint density at radius 3 is 2.52 bits per heavy atom. The summed E-state index contributed by atoms with van der Waals surface area (Å²) in [5.41, 5.74) is 1.81. The van der Waals surface area contributed by atoms with E-state index in [4.69, 9.17) is 16.0 Å². The van der Waals surface area contributed by atoms with Crippen LogP contribution >= 0.6 is 11.6 Å². The van der Waals surface area contributed by atoms with Crippen molar-refractivity contribution < 1.29 is 14.1 Å². The monoisotopic (exact) mass is 302 g/mol. The van der Waals surface area contributed by atoms with Gasteiger partial charge < -0.3 is 4.42 Å². The van der Waals surface area contributed by atoms with E-state index in [9.17, 15) is 14.9 Å². The summed E-state index contributed by atoms with van der Waals surface area (Å²) >= 11 is 5.37. The van der Waals surface area contributed by atoms with Crippen molar-refractivity contribution in [3.05, 3.63) is 58.1 Å². The van der Waals surface area contributed by atoms with Gasteiger partial charge in [-0.2, -0.15) is 0 Å². The van der Waals surface area contributed by atoms with Gasteiger partial charge in [-0.15, -0.1) is 0 Å². The van der Waals surface area contributed by atoms with Crippen molar-refractivity contribution in [2.24, 2.45) is 0 Å². The molecular formula is C14H7ClN2O4. The highest BCUT2D eigenvalue weighted by Crippen LogP contribution is 2.27. The van der Waals surface area contributed by atoms with Gasteiger partial charge in [0.25, 0.3) is 10.9 Å². The van der Waals surface area contributed by atoms with Crippen molar-refractivity contribution in [3.8, 4) is 11.5 Å². The Kier molecular flexibility index (Phi) is 3.15. The van der Waals surface area contributed by atoms with Gasteiger partial charge in [0, 0.05) is 17.2 Å². The molecule has 0 atom stereocenters. The van der Waals surface area contributed by atoms with Crippen LogP contribution in [-0.4, -0.2) is 15.1 Å². The molecule has 0 fully saturated rings. The first-order valence-corrected chi connectivity index (χ1v) is 6.27. The van der Waals surface area contributed by atoms with Crippen LogP contribution in [0.3, 0.4) is 0 Å². The first-order valence-electron chi connectivity index (χ1n) is 5.90. The molecule has 0 saturated heterocycles. The van der Waals surface area contributed by atoms with Crippen LogP contribution in [0.15, 0.2) is 46.9 Å². The lowest BCUT2D eigenvalue weighted by atomic mass is 10.1. The van der Waals surface area contributed by atoms with Crippen LogP contribution in [0.25, 0.3) is 22.6 Å². The van der Waals surface area contributed by atoms with Crippen LogP contribution in [0.5, 0.6) is 0 Å². The molecule has 0 saturated carbocycles. The van der Waals surface area contributed by atoms with Crippen molar-refractivity contribution in [1.29, 1.82) is 0 Å². The molecule has 104 valence electrons. The molecule has 0 bridgehead atoms. The number of carbonyl (C=O) groups is 1. The topological polar surface area (TPSA) is 86.2 Å². The van der Waals surface area contributed by atoms with Gasteiger partial charge in [-0.05, 0) is 41.9 Å². The zero-order valence-electron chi connectivity index (χ0n) is 10.4. The number of oxazole rings is 1. The molecule has 0 aliphatic heterocycles. The molecule has 3 rings (SSSR count). The molecule has 0 unspecified atom stereocenters. The van der Waals surface area contributed by atoms with E-state index in [0.717, 1.165) is 0 Å². The second-order valence-electron chi connectivity index (χ2n) is 4.28. The van der Waals surface area contributed by atoms with Gasteiger partial charge in [0.15, 0.2) is 5.58 Å². The fraction of sp³-hybridized carbons (Fsp3) is 0.